The monoisotopic (exact) mass is 396 g/mol. The van der Waals surface area contributed by atoms with Gasteiger partial charge in [0.05, 0.1) is 4.47 Å². The number of fused-ring (bicyclic) bond motifs is 1. The SMILES string of the molecule is NC1=NC(c2ccc(O)cc2)(c2ccc(F)c(Br)c2)c2ccccc21. The third kappa shape index (κ3) is 2.35. The van der Waals surface area contributed by atoms with Crippen LogP contribution in [0.25, 0.3) is 0 Å². The van der Waals surface area contributed by atoms with Gasteiger partial charge in [0.1, 0.15) is 22.9 Å². The molecule has 25 heavy (non-hydrogen) atoms. The number of phenols is 1. The van der Waals surface area contributed by atoms with Gasteiger partial charge in [-0.15, -0.1) is 0 Å². The fraction of sp³-hybridized carbons (Fsp3) is 0.0500. The van der Waals surface area contributed by atoms with Gasteiger partial charge < -0.3 is 10.8 Å². The number of aliphatic imine (C=N–C) groups is 1. The molecule has 3 N–H and O–H groups in total. The summed E-state index contributed by atoms with van der Waals surface area (Å²) < 4.78 is 14.2. The number of benzene rings is 3. The number of aromatic hydroxyl groups is 1. The van der Waals surface area contributed by atoms with Crippen molar-refractivity contribution in [2.75, 3.05) is 0 Å². The van der Waals surface area contributed by atoms with Gasteiger partial charge in [0.15, 0.2) is 0 Å². The van der Waals surface area contributed by atoms with Crippen LogP contribution in [0.5, 0.6) is 5.75 Å². The molecule has 0 aliphatic carbocycles. The minimum atomic E-state index is -0.884. The lowest BCUT2D eigenvalue weighted by atomic mass is 9.77. The first-order valence-electron chi connectivity index (χ1n) is 7.72. The van der Waals surface area contributed by atoms with Crippen molar-refractivity contribution in [3.63, 3.8) is 0 Å². The smallest absolute Gasteiger partial charge is 0.139 e. The highest BCUT2D eigenvalue weighted by Crippen LogP contribution is 2.46. The Morgan fingerprint density at radius 3 is 2.36 bits per heavy atom. The number of amidine groups is 1. The van der Waals surface area contributed by atoms with E-state index in [1.54, 1.807) is 24.3 Å². The minimum absolute atomic E-state index is 0.169. The van der Waals surface area contributed by atoms with E-state index in [2.05, 4.69) is 15.9 Å². The molecule has 1 heterocycles. The van der Waals surface area contributed by atoms with E-state index in [9.17, 15) is 9.50 Å². The Morgan fingerprint density at radius 2 is 1.64 bits per heavy atom. The number of phenolic OH excluding ortho intramolecular Hbond substituents is 1. The molecule has 1 aliphatic heterocycles. The molecule has 124 valence electrons. The summed E-state index contributed by atoms with van der Waals surface area (Å²) in [5.41, 5.74) is 8.75. The molecule has 0 fully saturated rings. The summed E-state index contributed by atoms with van der Waals surface area (Å²) in [6.45, 7) is 0. The molecule has 1 unspecified atom stereocenters. The molecule has 4 rings (SSSR count). The van der Waals surface area contributed by atoms with Gasteiger partial charge in [0, 0.05) is 5.56 Å². The highest BCUT2D eigenvalue weighted by atomic mass is 79.9. The number of halogens is 2. The lowest BCUT2D eigenvalue weighted by molar-refractivity contribution is 0.474. The first-order valence-corrected chi connectivity index (χ1v) is 8.52. The van der Waals surface area contributed by atoms with Crippen LogP contribution in [0.3, 0.4) is 0 Å². The number of nitrogens with two attached hydrogens (primary N) is 1. The molecular weight excluding hydrogens is 383 g/mol. The first-order chi connectivity index (χ1) is 12.0. The van der Waals surface area contributed by atoms with Gasteiger partial charge >= 0.3 is 0 Å². The standard InChI is InChI=1S/C20H14BrFN2O/c21-17-11-13(7-10-18(17)22)20(12-5-8-14(25)9-6-12)16-4-2-1-3-15(16)19(23)24-20/h1-11,25H,(H2,23,24). The summed E-state index contributed by atoms with van der Waals surface area (Å²) >= 11 is 3.26. The molecule has 1 aliphatic rings. The van der Waals surface area contributed by atoms with Crippen LogP contribution in [0.2, 0.25) is 0 Å². The van der Waals surface area contributed by atoms with E-state index in [1.165, 1.54) is 6.07 Å². The average Bonchev–Trinajstić information content (AvgIpc) is 2.92. The molecule has 0 saturated heterocycles. The second kappa shape index (κ2) is 5.70. The molecule has 0 amide bonds. The van der Waals surface area contributed by atoms with Crippen molar-refractivity contribution >= 4 is 21.8 Å². The third-order valence-electron chi connectivity index (χ3n) is 4.50. The largest absolute Gasteiger partial charge is 0.508 e. The third-order valence-corrected chi connectivity index (χ3v) is 5.11. The van der Waals surface area contributed by atoms with E-state index in [1.807, 2.05) is 36.4 Å². The van der Waals surface area contributed by atoms with Crippen LogP contribution in [0.15, 0.2) is 76.2 Å². The zero-order chi connectivity index (χ0) is 17.6. The second-order valence-electron chi connectivity index (χ2n) is 5.93. The van der Waals surface area contributed by atoms with Gasteiger partial charge in [0.2, 0.25) is 0 Å². The van der Waals surface area contributed by atoms with Gasteiger partial charge in [-0.25, -0.2) is 9.38 Å². The lowest BCUT2D eigenvalue weighted by Gasteiger charge is -2.29. The van der Waals surface area contributed by atoms with Crippen LogP contribution < -0.4 is 5.73 Å². The second-order valence-corrected chi connectivity index (χ2v) is 6.78. The van der Waals surface area contributed by atoms with Crippen molar-refractivity contribution in [2.45, 2.75) is 5.54 Å². The molecule has 1 atom stereocenters. The van der Waals surface area contributed by atoms with Crippen molar-refractivity contribution < 1.29 is 9.50 Å². The number of rotatable bonds is 2. The molecule has 0 radical (unpaired) electrons. The summed E-state index contributed by atoms with van der Waals surface area (Å²) in [5, 5.41) is 9.66. The van der Waals surface area contributed by atoms with Crippen molar-refractivity contribution in [2.24, 2.45) is 10.7 Å². The molecule has 0 spiro atoms. The molecule has 3 nitrogen and oxygen atoms in total. The number of nitrogens with zero attached hydrogens (tertiary/aromatic N) is 1. The normalized spacial score (nSPS) is 18.7. The topological polar surface area (TPSA) is 58.6 Å². The van der Waals surface area contributed by atoms with Gasteiger partial charge in [0.25, 0.3) is 0 Å². The van der Waals surface area contributed by atoms with E-state index in [0.29, 0.717) is 10.3 Å². The zero-order valence-electron chi connectivity index (χ0n) is 13.1. The first kappa shape index (κ1) is 15.8. The van der Waals surface area contributed by atoms with Crippen LogP contribution in [-0.2, 0) is 5.54 Å². The fourth-order valence-corrected chi connectivity index (χ4v) is 3.73. The predicted octanol–water partition coefficient (Wildman–Crippen LogP) is 4.30. The zero-order valence-corrected chi connectivity index (χ0v) is 14.7. The Morgan fingerprint density at radius 1 is 0.960 bits per heavy atom. The fourth-order valence-electron chi connectivity index (χ4n) is 3.35. The highest BCUT2D eigenvalue weighted by molar-refractivity contribution is 9.10. The van der Waals surface area contributed by atoms with Gasteiger partial charge in [-0.3, -0.25) is 0 Å². The van der Waals surface area contributed by atoms with Crippen LogP contribution in [0.1, 0.15) is 22.3 Å². The summed E-state index contributed by atoms with van der Waals surface area (Å²) in [6.07, 6.45) is 0. The van der Waals surface area contributed by atoms with Crippen LogP contribution in [0.4, 0.5) is 4.39 Å². The Balaban J connectivity index is 2.07. The van der Waals surface area contributed by atoms with Crippen LogP contribution >= 0.6 is 15.9 Å². The maximum atomic E-state index is 13.8. The molecule has 0 aromatic heterocycles. The van der Waals surface area contributed by atoms with Gasteiger partial charge in [-0.2, -0.15) is 0 Å². The molecule has 5 heteroatoms. The molecular formula is C20H14BrFN2O. The Labute approximate surface area is 152 Å². The quantitative estimate of drug-likeness (QED) is 0.677. The predicted molar refractivity (Wildman–Crippen MR) is 99.3 cm³/mol. The van der Waals surface area contributed by atoms with Crippen molar-refractivity contribution in [3.05, 3.63) is 99.3 Å². The average molecular weight is 397 g/mol. The Hall–Kier alpha value is -2.66. The van der Waals surface area contributed by atoms with E-state index < -0.39 is 5.54 Å². The maximum absolute atomic E-state index is 13.8. The Bertz CT molecular complexity index is 1000. The number of hydrogen-bond donors (Lipinski definition) is 2. The van der Waals surface area contributed by atoms with E-state index >= 15 is 0 Å². The van der Waals surface area contributed by atoms with E-state index in [0.717, 1.165) is 22.3 Å². The van der Waals surface area contributed by atoms with Crippen molar-refractivity contribution in [1.29, 1.82) is 0 Å². The summed E-state index contributed by atoms with van der Waals surface area (Å²) in [4.78, 5) is 4.80. The highest BCUT2D eigenvalue weighted by Gasteiger charge is 2.42. The van der Waals surface area contributed by atoms with E-state index in [-0.39, 0.29) is 11.6 Å². The molecule has 0 bridgehead atoms. The van der Waals surface area contributed by atoms with Gasteiger partial charge in [-0.1, -0.05) is 42.5 Å². The molecule has 0 saturated carbocycles. The summed E-state index contributed by atoms with van der Waals surface area (Å²) in [6, 6.07) is 19.4. The van der Waals surface area contributed by atoms with Gasteiger partial charge in [-0.05, 0) is 56.9 Å². The number of hydrogen-bond acceptors (Lipinski definition) is 3. The maximum Gasteiger partial charge on any atom is 0.139 e. The van der Waals surface area contributed by atoms with Crippen LogP contribution in [-0.4, -0.2) is 10.9 Å². The lowest BCUT2D eigenvalue weighted by Crippen LogP contribution is -2.25. The van der Waals surface area contributed by atoms with E-state index in [4.69, 9.17) is 10.7 Å². The molecule has 3 aromatic carbocycles. The molecule has 3 aromatic rings. The summed E-state index contributed by atoms with van der Waals surface area (Å²) in [7, 11) is 0. The minimum Gasteiger partial charge on any atom is -0.508 e. The van der Waals surface area contributed by atoms with Crippen molar-refractivity contribution in [3.8, 4) is 5.75 Å². The van der Waals surface area contributed by atoms with Crippen LogP contribution in [0, 0.1) is 5.82 Å². The van der Waals surface area contributed by atoms with Crippen molar-refractivity contribution in [1.82, 2.24) is 0 Å². The summed E-state index contributed by atoms with van der Waals surface area (Å²) in [5.74, 6) is 0.263. The Kier molecular flexibility index (Phi) is 3.62.